The Morgan fingerprint density at radius 2 is 0.455 bits per heavy atom. The highest BCUT2D eigenvalue weighted by Crippen LogP contribution is 2.57. The average Bonchev–Trinajstić information content (AvgIpc) is 3.23. The molecule has 24 heteroatoms. The van der Waals surface area contributed by atoms with Crippen molar-refractivity contribution < 1.29 is 120 Å². The Balaban J connectivity index is 1.18. The normalized spacial score (nSPS) is 10.9. The van der Waals surface area contributed by atoms with Gasteiger partial charge in [0.2, 0.25) is 63.2 Å². The Kier molecular flexibility index (Phi) is 11.0. The van der Waals surface area contributed by atoms with E-state index in [0.29, 0.717) is 12.1 Å². The number of hydrogen-bond acceptors (Lipinski definition) is 24. The van der Waals surface area contributed by atoms with Crippen molar-refractivity contribution in [2.24, 2.45) is 0 Å². The van der Waals surface area contributed by atoms with Crippen molar-refractivity contribution in [3.05, 3.63) is 72.8 Å². The van der Waals surface area contributed by atoms with Gasteiger partial charge in [-0.25, -0.2) is 0 Å². The van der Waals surface area contributed by atoms with E-state index in [0.717, 1.165) is 60.7 Å². The molecule has 0 heterocycles. The molecule has 0 aliphatic carbocycles. The predicted octanol–water partition coefficient (Wildman–Crippen LogP) is 7.14. The van der Waals surface area contributed by atoms with Crippen LogP contribution in [-0.4, -0.2) is 91.9 Å². The zero-order chi connectivity index (χ0) is 48.0. The summed E-state index contributed by atoms with van der Waals surface area (Å²) in [5.74, 6) is -25.2. The zero-order valence-corrected chi connectivity index (χ0v) is 32.4. The molecular weight excluding hydrogens is 888 g/mol. The van der Waals surface area contributed by atoms with Gasteiger partial charge in [-0.3, -0.25) is 0 Å². The number of rotatable bonds is 12. The second-order valence-electron chi connectivity index (χ2n) is 13.4. The van der Waals surface area contributed by atoms with Crippen LogP contribution in [0, 0.1) is 0 Å². The van der Waals surface area contributed by atoms with Gasteiger partial charge in [0.05, 0.1) is 0 Å². The highest BCUT2D eigenvalue weighted by molar-refractivity contribution is 5.70. The molecule has 7 aromatic carbocycles. The molecule has 18 N–H and O–H groups in total. The first-order chi connectivity index (χ1) is 31.1. The summed E-state index contributed by atoms with van der Waals surface area (Å²) in [6.07, 6.45) is 0. The predicted molar refractivity (Wildman–Crippen MR) is 216 cm³/mol. The van der Waals surface area contributed by atoms with Gasteiger partial charge in [0, 0.05) is 72.8 Å². The fourth-order valence-electron chi connectivity index (χ4n) is 5.79. The van der Waals surface area contributed by atoms with E-state index in [9.17, 15) is 91.9 Å². The molecule has 0 saturated carbocycles. The maximum atomic E-state index is 10.9. The standard InChI is InChI=1S/C42H30O24/c43-13-1-22(49)37(23(50)2-13)64-29-4-14(44)3-24(51)40(29)61-16-7-25(52)38(26(53)8-16)66-31-12-21(48)34(58)36(60)42(31)63-17-9-27(54)39(28(55)10-17)65-30-11-20(47)33(57)35(59)41(30)62-15-5-18(45)32(56)19(46)6-15/h1-12,43-60H. The van der Waals surface area contributed by atoms with Crippen molar-refractivity contribution in [3.8, 4) is 172 Å². The number of phenolic OH excluding ortho intramolecular Hbond substituents is 18. The maximum Gasteiger partial charge on any atom is 0.215 e. The molecule has 0 amide bonds. The summed E-state index contributed by atoms with van der Waals surface area (Å²) in [5.41, 5.74) is 0. The summed E-state index contributed by atoms with van der Waals surface area (Å²) in [7, 11) is 0. The quantitative estimate of drug-likeness (QED) is 0.0541. The molecule has 7 rings (SSSR count). The van der Waals surface area contributed by atoms with Gasteiger partial charge in [0.15, 0.2) is 80.5 Å². The third-order valence-electron chi connectivity index (χ3n) is 8.79. The lowest BCUT2D eigenvalue weighted by Crippen LogP contribution is -1.95. The molecule has 24 nitrogen and oxygen atoms in total. The Hall–Kier alpha value is -10.3. The number of hydrogen-bond donors (Lipinski definition) is 18. The highest BCUT2D eigenvalue weighted by atomic mass is 16.6. The van der Waals surface area contributed by atoms with Gasteiger partial charge >= 0.3 is 0 Å². The number of aromatic hydroxyl groups is 18. The zero-order valence-electron chi connectivity index (χ0n) is 32.4. The highest BCUT2D eigenvalue weighted by Gasteiger charge is 2.28. The minimum atomic E-state index is -1.24. The second kappa shape index (κ2) is 16.5. The summed E-state index contributed by atoms with van der Waals surface area (Å²) in [6.45, 7) is 0. The van der Waals surface area contributed by atoms with Gasteiger partial charge in [-0.1, -0.05) is 0 Å². The number of ether oxygens (including phenoxy) is 6. The minimum absolute atomic E-state index is 0.473. The number of phenols is 18. The summed E-state index contributed by atoms with van der Waals surface area (Å²) < 4.78 is 33.0. The van der Waals surface area contributed by atoms with Crippen molar-refractivity contribution in [1.82, 2.24) is 0 Å². The van der Waals surface area contributed by atoms with E-state index < -0.39 is 172 Å². The van der Waals surface area contributed by atoms with Gasteiger partial charge in [0.1, 0.15) is 28.7 Å². The van der Waals surface area contributed by atoms with E-state index in [1.165, 1.54) is 0 Å². The van der Waals surface area contributed by atoms with Crippen molar-refractivity contribution in [2.75, 3.05) is 0 Å². The lowest BCUT2D eigenvalue weighted by atomic mass is 10.2. The fraction of sp³-hybridized carbons (Fsp3) is 0. The smallest absolute Gasteiger partial charge is 0.215 e. The molecule has 0 bridgehead atoms. The molecule has 66 heavy (non-hydrogen) atoms. The van der Waals surface area contributed by atoms with E-state index in [2.05, 4.69) is 0 Å². The third kappa shape index (κ3) is 8.36. The van der Waals surface area contributed by atoms with Crippen LogP contribution in [0.4, 0.5) is 0 Å². The van der Waals surface area contributed by atoms with Gasteiger partial charge in [-0.05, 0) is 0 Å². The lowest BCUT2D eigenvalue weighted by molar-refractivity contribution is 0.319. The van der Waals surface area contributed by atoms with Crippen LogP contribution in [0.15, 0.2) is 72.8 Å². The molecule has 0 fully saturated rings. The summed E-state index contributed by atoms with van der Waals surface area (Å²) >= 11 is 0. The first kappa shape index (κ1) is 43.8. The first-order valence-electron chi connectivity index (χ1n) is 17.9. The third-order valence-corrected chi connectivity index (χ3v) is 8.79. The summed E-state index contributed by atoms with van der Waals surface area (Å²) in [4.78, 5) is 0. The number of benzene rings is 7. The fourth-order valence-corrected chi connectivity index (χ4v) is 5.79. The Morgan fingerprint density at radius 1 is 0.197 bits per heavy atom. The molecule has 0 radical (unpaired) electrons. The molecule has 0 unspecified atom stereocenters. The van der Waals surface area contributed by atoms with Crippen LogP contribution in [0.5, 0.6) is 172 Å². The topological polar surface area (TPSA) is 420 Å². The molecule has 0 aliphatic rings. The SMILES string of the molecule is Oc1cc(O)c(Oc2cc(O)cc(O)c2Oc2cc(O)c(Oc3cc(O)c(O)c(O)c3Oc3cc(O)c(Oc4cc(O)c(O)c(O)c4Oc4cc(O)c(O)c(O)c4)c(O)c3)c(O)c2)c(O)c1. The van der Waals surface area contributed by atoms with E-state index in [-0.39, 0.29) is 0 Å². The van der Waals surface area contributed by atoms with E-state index in [1.54, 1.807) is 0 Å². The van der Waals surface area contributed by atoms with Gasteiger partial charge in [0.25, 0.3) is 0 Å². The Labute approximate surface area is 365 Å². The van der Waals surface area contributed by atoms with Crippen LogP contribution in [0.2, 0.25) is 0 Å². The molecule has 0 atom stereocenters. The van der Waals surface area contributed by atoms with Crippen molar-refractivity contribution in [3.63, 3.8) is 0 Å². The second-order valence-corrected chi connectivity index (χ2v) is 13.4. The van der Waals surface area contributed by atoms with Crippen LogP contribution in [0.25, 0.3) is 0 Å². The van der Waals surface area contributed by atoms with Crippen molar-refractivity contribution >= 4 is 0 Å². The van der Waals surface area contributed by atoms with E-state index >= 15 is 0 Å². The molecular formula is C42H30O24. The maximum absolute atomic E-state index is 10.9. The van der Waals surface area contributed by atoms with Crippen LogP contribution in [-0.2, 0) is 0 Å². The molecule has 342 valence electrons. The van der Waals surface area contributed by atoms with Gasteiger partial charge in [-0.15, -0.1) is 0 Å². The van der Waals surface area contributed by atoms with Crippen LogP contribution >= 0.6 is 0 Å². The van der Waals surface area contributed by atoms with Crippen LogP contribution in [0.1, 0.15) is 0 Å². The summed E-state index contributed by atoms with van der Waals surface area (Å²) in [5, 5.41) is 186. The molecule has 0 aromatic heterocycles. The van der Waals surface area contributed by atoms with Crippen LogP contribution < -0.4 is 28.4 Å². The van der Waals surface area contributed by atoms with Crippen molar-refractivity contribution in [1.29, 1.82) is 0 Å². The van der Waals surface area contributed by atoms with Gasteiger partial charge in [-0.2, -0.15) is 0 Å². The van der Waals surface area contributed by atoms with E-state index in [1.807, 2.05) is 0 Å². The van der Waals surface area contributed by atoms with Crippen LogP contribution in [0.3, 0.4) is 0 Å². The largest absolute Gasteiger partial charge is 0.508 e. The van der Waals surface area contributed by atoms with Crippen molar-refractivity contribution in [2.45, 2.75) is 0 Å². The van der Waals surface area contributed by atoms with E-state index in [4.69, 9.17) is 28.4 Å². The average molecular weight is 919 g/mol. The molecule has 7 aromatic rings. The Bertz CT molecular complexity index is 3000. The first-order valence-corrected chi connectivity index (χ1v) is 17.9. The molecule has 0 spiro atoms. The summed E-state index contributed by atoms with van der Waals surface area (Å²) in [6, 6.07) is 9.13. The Morgan fingerprint density at radius 3 is 0.818 bits per heavy atom. The molecule has 0 aliphatic heterocycles. The lowest BCUT2D eigenvalue weighted by Gasteiger charge is -2.19. The van der Waals surface area contributed by atoms with Gasteiger partial charge < -0.3 is 120 Å². The minimum Gasteiger partial charge on any atom is -0.508 e. The molecule has 0 saturated heterocycles. The monoisotopic (exact) mass is 918 g/mol.